The third kappa shape index (κ3) is 4.93. The Balaban J connectivity index is 1.81. The maximum atomic E-state index is 12.2. The van der Waals surface area contributed by atoms with Gasteiger partial charge in [0, 0.05) is 25.2 Å². The van der Waals surface area contributed by atoms with E-state index >= 15 is 0 Å². The van der Waals surface area contributed by atoms with Crippen molar-refractivity contribution in [3.63, 3.8) is 0 Å². The van der Waals surface area contributed by atoms with Gasteiger partial charge in [-0.25, -0.2) is 0 Å². The fourth-order valence-electron chi connectivity index (χ4n) is 2.64. The molecule has 2 aromatic rings. The zero-order chi connectivity index (χ0) is 16.7. The van der Waals surface area contributed by atoms with E-state index in [1.165, 1.54) is 16.7 Å². The minimum absolute atomic E-state index is 0.0614. The number of para-hydroxylation sites is 1. The van der Waals surface area contributed by atoms with Crippen LogP contribution < -0.4 is 10.6 Å². The predicted molar refractivity (Wildman–Crippen MR) is 96.7 cm³/mol. The van der Waals surface area contributed by atoms with E-state index in [9.17, 15) is 4.79 Å². The molecule has 0 bridgehead atoms. The van der Waals surface area contributed by atoms with Crippen molar-refractivity contribution >= 4 is 11.6 Å². The number of anilines is 1. The molecule has 0 atom stereocenters. The lowest BCUT2D eigenvalue weighted by Crippen LogP contribution is -2.22. The zero-order valence-corrected chi connectivity index (χ0v) is 14.3. The predicted octanol–water partition coefficient (Wildman–Crippen LogP) is 3.98. The van der Waals surface area contributed by atoms with Crippen LogP contribution in [0.1, 0.15) is 35.6 Å². The largest absolute Gasteiger partial charge is 0.326 e. The lowest BCUT2D eigenvalue weighted by atomic mass is 10.1. The smallest absolute Gasteiger partial charge is 0.225 e. The summed E-state index contributed by atoms with van der Waals surface area (Å²) < 4.78 is 0. The Kier molecular flexibility index (Phi) is 6.36. The minimum Gasteiger partial charge on any atom is -0.326 e. The average molecular weight is 310 g/mol. The second kappa shape index (κ2) is 8.49. The van der Waals surface area contributed by atoms with Gasteiger partial charge in [0.25, 0.3) is 0 Å². The van der Waals surface area contributed by atoms with Crippen LogP contribution in [0.3, 0.4) is 0 Å². The SMILES string of the molecule is CCc1cccc(C)c1NC(=O)CCNCc1ccccc1C. The van der Waals surface area contributed by atoms with Gasteiger partial charge < -0.3 is 10.6 Å². The van der Waals surface area contributed by atoms with Gasteiger partial charge in [-0.3, -0.25) is 4.79 Å². The molecule has 0 unspecified atom stereocenters. The molecule has 23 heavy (non-hydrogen) atoms. The van der Waals surface area contributed by atoms with Gasteiger partial charge in [-0.2, -0.15) is 0 Å². The molecule has 0 fully saturated rings. The first-order valence-corrected chi connectivity index (χ1v) is 8.25. The van der Waals surface area contributed by atoms with Crippen LogP contribution in [0.4, 0.5) is 5.69 Å². The maximum absolute atomic E-state index is 12.2. The molecule has 122 valence electrons. The molecular weight excluding hydrogens is 284 g/mol. The highest BCUT2D eigenvalue weighted by atomic mass is 16.1. The van der Waals surface area contributed by atoms with Gasteiger partial charge in [0.2, 0.25) is 5.91 Å². The van der Waals surface area contributed by atoms with E-state index in [2.05, 4.69) is 42.7 Å². The van der Waals surface area contributed by atoms with Crippen molar-refractivity contribution in [1.82, 2.24) is 5.32 Å². The molecule has 0 aromatic heterocycles. The monoisotopic (exact) mass is 310 g/mol. The summed E-state index contributed by atoms with van der Waals surface area (Å²) in [6, 6.07) is 14.4. The average Bonchev–Trinajstić information content (AvgIpc) is 2.55. The molecule has 0 saturated carbocycles. The summed E-state index contributed by atoms with van der Waals surface area (Å²) in [6.45, 7) is 7.71. The van der Waals surface area contributed by atoms with Gasteiger partial charge in [-0.05, 0) is 42.5 Å². The molecule has 0 spiro atoms. The van der Waals surface area contributed by atoms with Crippen LogP contribution in [0.2, 0.25) is 0 Å². The van der Waals surface area contributed by atoms with Crippen molar-refractivity contribution in [3.05, 3.63) is 64.7 Å². The van der Waals surface area contributed by atoms with E-state index in [4.69, 9.17) is 0 Å². The number of rotatable bonds is 7. The lowest BCUT2D eigenvalue weighted by molar-refractivity contribution is -0.116. The zero-order valence-electron chi connectivity index (χ0n) is 14.3. The molecule has 0 radical (unpaired) electrons. The number of amides is 1. The molecule has 0 aliphatic rings. The van der Waals surface area contributed by atoms with Gasteiger partial charge in [-0.1, -0.05) is 49.4 Å². The van der Waals surface area contributed by atoms with Crippen molar-refractivity contribution in [3.8, 4) is 0 Å². The molecule has 0 heterocycles. The summed E-state index contributed by atoms with van der Waals surface area (Å²) in [7, 11) is 0. The Morgan fingerprint density at radius 2 is 1.65 bits per heavy atom. The van der Waals surface area contributed by atoms with Crippen LogP contribution in [-0.2, 0) is 17.8 Å². The Bertz CT molecular complexity index is 664. The maximum Gasteiger partial charge on any atom is 0.225 e. The molecule has 2 N–H and O–H groups in total. The van der Waals surface area contributed by atoms with Crippen LogP contribution in [0.15, 0.2) is 42.5 Å². The van der Waals surface area contributed by atoms with Crippen LogP contribution in [0.25, 0.3) is 0 Å². The van der Waals surface area contributed by atoms with Crippen molar-refractivity contribution in [2.24, 2.45) is 0 Å². The molecule has 2 aromatic carbocycles. The highest BCUT2D eigenvalue weighted by molar-refractivity contribution is 5.92. The van der Waals surface area contributed by atoms with Crippen molar-refractivity contribution in [2.45, 2.75) is 40.2 Å². The van der Waals surface area contributed by atoms with Crippen LogP contribution in [-0.4, -0.2) is 12.5 Å². The van der Waals surface area contributed by atoms with Crippen molar-refractivity contribution < 1.29 is 4.79 Å². The Morgan fingerprint density at radius 3 is 2.39 bits per heavy atom. The van der Waals surface area contributed by atoms with Gasteiger partial charge >= 0.3 is 0 Å². The fraction of sp³-hybridized carbons (Fsp3) is 0.350. The molecule has 3 heteroatoms. The summed E-state index contributed by atoms with van der Waals surface area (Å²) in [5.41, 5.74) is 5.83. The van der Waals surface area contributed by atoms with Gasteiger partial charge in [0.15, 0.2) is 0 Å². The molecule has 2 rings (SSSR count). The Morgan fingerprint density at radius 1 is 0.957 bits per heavy atom. The third-order valence-corrected chi connectivity index (χ3v) is 4.11. The normalized spacial score (nSPS) is 10.6. The number of hydrogen-bond acceptors (Lipinski definition) is 2. The third-order valence-electron chi connectivity index (χ3n) is 4.11. The number of benzene rings is 2. The van der Waals surface area contributed by atoms with E-state index in [1.54, 1.807) is 0 Å². The van der Waals surface area contributed by atoms with Gasteiger partial charge in [0.05, 0.1) is 0 Å². The number of hydrogen-bond donors (Lipinski definition) is 2. The highest BCUT2D eigenvalue weighted by Gasteiger charge is 2.08. The molecule has 3 nitrogen and oxygen atoms in total. The Hall–Kier alpha value is -2.13. The quantitative estimate of drug-likeness (QED) is 0.759. The first-order chi connectivity index (χ1) is 11.1. The van der Waals surface area contributed by atoms with Crippen molar-refractivity contribution in [1.29, 1.82) is 0 Å². The summed E-state index contributed by atoms with van der Waals surface area (Å²) in [5, 5.41) is 6.40. The molecule has 0 aliphatic heterocycles. The summed E-state index contributed by atoms with van der Waals surface area (Å²) in [5.74, 6) is 0.0614. The molecular formula is C20H26N2O. The minimum atomic E-state index is 0.0614. The summed E-state index contributed by atoms with van der Waals surface area (Å²) >= 11 is 0. The van der Waals surface area contributed by atoms with E-state index < -0.39 is 0 Å². The molecule has 0 saturated heterocycles. The van der Waals surface area contributed by atoms with Gasteiger partial charge in [0.1, 0.15) is 0 Å². The van der Waals surface area contributed by atoms with E-state index in [-0.39, 0.29) is 5.91 Å². The molecule has 1 amide bonds. The number of aryl methyl sites for hydroxylation is 3. The first-order valence-electron chi connectivity index (χ1n) is 8.25. The second-order valence-electron chi connectivity index (χ2n) is 5.86. The van der Waals surface area contributed by atoms with E-state index in [0.717, 1.165) is 24.2 Å². The van der Waals surface area contributed by atoms with Crippen LogP contribution in [0.5, 0.6) is 0 Å². The first kappa shape index (κ1) is 17.2. The lowest BCUT2D eigenvalue weighted by Gasteiger charge is -2.13. The highest BCUT2D eigenvalue weighted by Crippen LogP contribution is 2.21. The van der Waals surface area contributed by atoms with Crippen LogP contribution in [0, 0.1) is 13.8 Å². The van der Waals surface area contributed by atoms with Crippen LogP contribution >= 0.6 is 0 Å². The fourth-order valence-corrected chi connectivity index (χ4v) is 2.64. The number of carbonyl (C=O) groups is 1. The summed E-state index contributed by atoms with van der Waals surface area (Å²) in [4.78, 5) is 12.2. The Labute approximate surface area is 139 Å². The standard InChI is InChI=1S/C20H26N2O/c1-4-17-11-7-9-16(3)20(17)22-19(23)12-13-21-14-18-10-6-5-8-15(18)2/h5-11,21H,4,12-14H2,1-3H3,(H,22,23). The van der Waals surface area contributed by atoms with E-state index in [0.29, 0.717) is 13.0 Å². The molecule has 0 aliphatic carbocycles. The second-order valence-corrected chi connectivity index (χ2v) is 5.86. The van der Waals surface area contributed by atoms with E-state index in [1.807, 2.05) is 31.2 Å². The summed E-state index contributed by atoms with van der Waals surface area (Å²) in [6.07, 6.45) is 1.40. The topological polar surface area (TPSA) is 41.1 Å². The number of carbonyl (C=O) groups excluding carboxylic acids is 1. The van der Waals surface area contributed by atoms with Crippen molar-refractivity contribution in [2.75, 3.05) is 11.9 Å². The number of nitrogens with one attached hydrogen (secondary N) is 2. The van der Waals surface area contributed by atoms with Gasteiger partial charge in [-0.15, -0.1) is 0 Å².